The van der Waals surface area contributed by atoms with E-state index in [0.29, 0.717) is 24.5 Å². The zero-order chi connectivity index (χ0) is 27.7. The summed E-state index contributed by atoms with van der Waals surface area (Å²) in [6.07, 6.45) is 3.53. The van der Waals surface area contributed by atoms with Crippen LogP contribution in [0.25, 0.3) is 11.1 Å². The molecule has 1 atom stereocenters. The maximum atomic E-state index is 13.9. The van der Waals surface area contributed by atoms with Crippen molar-refractivity contribution >= 4 is 9.84 Å². The molecule has 2 heterocycles. The molecule has 0 fully saturated rings. The lowest BCUT2D eigenvalue weighted by atomic mass is 10.0. The standard InChI is InChI=1S/C30H31N3O5S/c1-4-5-10-26-32-29(34)28(30(35)33(26)25-17-13-20-8-6-7-9-24(20)25)39(36,37)22-14-11-21(12-15-22)23-16-18-27(38-3)31-19(23)2/h6-9,11-12,14-16,18,25,34H,4-5,10,13,17H2,1-3H3/t25-/m0/s1. The molecule has 2 aromatic heterocycles. The number of unbranched alkanes of at least 4 members (excludes halogenated alkanes) is 1. The second kappa shape index (κ2) is 10.6. The van der Waals surface area contributed by atoms with Gasteiger partial charge in [-0.2, -0.15) is 4.98 Å². The highest BCUT2D eigenvalue weighted by atomic mass is 32.2. The van der Waals surface area contributed by atoms with Crippen molar-refractivity contribution in [1.82, 2.24) is 14.5 Å². The number of hydrogen-bond acceptors (Lipinski definition) is 7. The first-order chi connectivity index (χ1) is 18.8. The average Bonchev–Trinajstić information content (AvgIpc) is 3.35. The number of fused-ring (bicyclic) bond motifs is 1. The maximum Gasteiger partial charge on any atom is 0.277 e. The second-order valence-electron chi connectivity index (χ2n) is 9.73. The van der Waals surface area contributed by atoms with Crippen LogP contribution in [0, 0.1) is 6.92 Å². The molecular formula is C30H31N3O5S. The SMILES string of the molecule is CCCCc1nc(O)c(S(=O)(=O)c2ccc(-c3ccc(OC)nc3C)cc2)c(=O)n1[C@H]1CCc2ccccc21. The second-order valence-corrected chi connectivity index (χ2v) is 11.6. The van der Waals surface area contributed by atoms with Crippen molar-refractivity contribution in [1.29, 1.82) is 0 Å². The van der Waals surface area contributed by atoms with E-state index in [1.807, 2.05) is 44.2 Å². The molecule has 0 amide bonds. The molecule has 0 spiro atoms. The minimum Gasteiger partial charge on any atom is -0.492 e. The molecule has 8 nitrogen and oxygen atoms in total. The molecule has 202 valence electrons. The van der Waals surface area contributed by atoms with Crippen LogP contribution in [0.2, 0.25) is 0 Å². The van der Waals surface area contributed by atoms with Gasteiger partial charge in [-0.3, -0.25) is 9.36 Å². The number of sulfone groups is 1. The van der Waals surface area contributed by atoms with Gasteiger partial charge < -0.3 is 9.84 Å². The van der Waals surface area contributed by atoms with E-state index in [4.69, 9.17) is 4.74 Å². The third-order valence-electron chi connectivity index (χ3n) is 7.31. The monoisotopic (exact) mass is 545 g/mol. The van der Waals surface area contributed by atoms with Gasteiger partial charge in [-0.15, -0.1) is 0 Å². The van der Waals surface area contributed by atoms with Crippen LogP contribution in [0.15, 0.2) is 75.2 Å². The number of nitrogens with zero attached hydrogens (tertiary/aromatic N) is 3. The Balaban J connectivity index is 1.60. The van der Waals surface area contributed by atoms with Gasteiger partial charge in [-0.05, 0) is 61.1 Å². The van der Waals surface area contributed by atoms with E-state index in [1.54, 1.807) is 25.3 Å². The van der Waals surface area contributed by atoms with E-state index in [0.717, 1.165) is 47.2 Å². The number of methoxy groups -OCH3 is 1. The van der Waals surface area contributed by atoms with Gasteiger partial charge in [-0.25, -0.2) is 13.4 Å². The number of aromatic hydroxyl groups is 1. The Labute approximate surface area is 227 Å². The van der Waals surface area contributed by atoms with Crippen LogP contribution in [0.4, 0.5) is 0 Å². The molecule has 5 rings (SSSR count). The first-order valence-electron chi connectivity index (χ1n) is 13.1. The Morgan fingerprint density at radius 3 is 2.49 bits per heavy atom. The lowest BCUT2D eigenvalue weighted by Gasteiger charge is -2.21. The van der Waals surface area contributed by atoms with Gasteiger partial charge in [0.2, 0.25) is 21.6 Å². The van der Waals surface area contributed by atoms with Crippen molar-refractivity contribution in [2.75, 3.05) is 7.11 Å². The van der Waals surface area contributed by atoms with Gasteiger partial charge in [0.05, 0.1) is 18.0 Å². The molecule has 0 aliphatic heterocycles. The van der Waals surface area contributed by atoms with Crippen LogP contribution in [-0.2, 0) is 22.7 Å². The van der Waals surface area contributed by atoms with Gasteiger partial charge in [0.25, 0.3) is 5.56 Å². The molecule has 0 radical (unpaired) electrons. The Bertz CT molecular complexity index is 1700. The highest BCUT2D eigenvalue weighted by Gasteiger charge is 2.33. The van der Waals surface area contributed by atoms with Crippen LogP contribution >= 0.6 is 0 Å². The third-order valence-corrected chi connectivity index (χ3v) is 9.10. The van der Waals surface area contributed by atoms with Gasteiger partial charge in [0.1, 0.15) is 5.82 Å². The van der Waals surface area contributed by atoms with Crippen LogP contribution in [0.1, 0.15) is 54.9 Å². The zero-order valence-corrected chi connectivity index (χ0v) is 23.0. The van der Waals surface area contributed by atoms with Crippen molar-refractivity contribution in [2.24, 2.45) is 0 Å². The first-order valence-corrected chi connectivity index (χ1v) is 14.5. The van der Waals surface area contributed by atoms with Gasteiger partial charge in [0.15, 0.2) is 4.90 Å². The Kier molecular flexibility index (Phi) is 7.27. The topological polar surface area (TPSA) is 111 Å². The fraction of sp³-hybridized carbons (Fsp3) is 0.300. The summed E-state index contributed by atoms with van der Waals surface area (Å²) < 4.78 is 34.2. The predicted molar refractivity (Wildman–Crippen MR) is 148 cm³/mol. The highest BCUT2D eigenvalue weighted by molar-refractivity contribution is 7.91. The van der Waals surface area contributed by atoms with E-state index >= 15 is 0 Å². The van der Waals surface area contributed by atoms with E-state index in [-0.39, 0.29) is 10.9 Å². The number of rotatable bonds is 8. The summed E-state index contributed by atoms with van der Waals surface area (Å²) in [5.74, 6) is 0.132. The number of benzene rings is 2. The number of aromatic nitrogens is 3. The van der Waals surface area contributed by atoms with Crippen LogP contribution in [-0.4, -0.2) is 35.2 Å². The number of ether oxygens (including phenoxy) is 1. The Morgan fingerprint density at radius 1 is 1.05 bits per heavy atom. The highest BCUT2D eigenvalue weighted by Crippen LogP contribution is 2.36. The molecule has 9 heteroatoms. The largest absolute Gasteiger partial charge is 0.492 e. The quantitative estimate of drug-likeness (QED) is 0.330. The summed E-state index contributed by atoms with van der Waals surface area (Å²) in [5.41, 5.74) is 3.70. The van der Waals surface area contributed by atoms with Crippen molar-refractivity contribution in [3.63, 3.8) is 0 Å². The Hall–Kier alpha value is -3.98. The molecule has 0 saturated carbocycles. The van der Waals surface area contributed by atoms with Gasteiger partial charge in [-0.1, -0.05) is 49.7 Å². The summed E-state index contributed by atoms with van der Waals surface area (Å²) in [6.45, 7) is 3.87. The smallest absolute Gasteiger partial charge is 0.277 e. The number of pyridine rings is 1. The van der Waals surface area contributed by atoms with Crippen molar-refractivity contribution in [2.45, 2.75) is 61.8 Å². The van der Waals surface area contributed by atoms with Crippen molar-refractivity contribution < 1.29 is 18.3 Å². The molecule has 39 heavy (non-hydrogen) atoms. The molecular weight excluding hydrogens is 514 g/mol. The predicted octanol–water partition coefficient (Wildman–Crippen LogP) is 5.04. The minimum atomic E-state index is -4.37. The van der Waals surface area contributed by atoms with Gasteiger partial charge in [0, 0.05) is 23.7 Å². The number of aryl methyl sites for hydroxylation is 3. The summed E-state index contributed by atoms with van der Waals surface area (Å²) in [4.78, 5) is 21.8. The van der Waals surface area contributed by atoms with Crippen molar-refractivity contribution in [3.8, 4) is 22.9 Å². The fourth-order valence-electron chi connectivity index (χ4n) is 5.31. The average molecular weight is 546 g/mol. The molecule has 1 aliphatic rings. The molecule has 1 N–H and O–H groups in total. The van der Waals surface area contributed by atoms with Crippen molar-refractivity contribution in [3.05, 3.63) is 93.7 Å². The van der Waals surface area contributed by atoms with E-state index in [9.17, 15) is 18.3 Å². The number of hydrogen-bond donors (Lipinski definition) is 1. The maximum absolute atomic E-state index is 13.9. The summed E-state index contributed by atoms with van der Waals surface area (Å²) in [6, 6.07) is 17.3. The van der Waals surface area contributed by atoms with E-state index in [2.05, 4.69) is 9.97 Å². The summed E-state index contributed by atoms with van der Waals surface area (Å²) in [5, 5.41) is 10.8. The van der Waals surface area contributed by atoms with E-state index < -0.39 is 26.2 Å². The fourth-order valence-corrected chi connectivity index (χ4v) is 6.65. The van der Waals surface area contributed by atoms with Crippen LogP contribution in [0.3, 0.4) is 0 Å². The Morgan fingerprint density at radius 2 is 1.79 bits per heavy atom. The van der Waals surface area contributed by atoms with Crippen LogP contribution in [0.5, 0.6) is 11.8 Å². The molecule has 0 bridgehead atoms. The molecule has 1 aliphatic carbocycles. The lowest BCUT2D eigenvalue weighted by molar-refractivity contribution is 0.397. The summed E-state index contributed by atoms with van der Waals surface area (Å²) >= 11 is 0. The molecule has 0 saturated heterocycles. The molecule has 2 aromatic carbocycles. The summed E-state index contributed by atoms with van der Waals surface area (Å²) in [7, 11) is -2.83. The molecule has 0 unspecified atom stereocenters. The van der Waals surface area contributed by atoms with Gasteiger partial charge >= 0.3 is 0 Å². The minimum absolute atomic E-state index is 0.0979. The van der Waals surface area contributed by atoms with Crippen LogP contribution < -0.4 is 10.3 Å². The third kappa shape index (κ3) is 4.83. The normalized spacial score (nSPS) is 14.8. The lowest BCUT2D eigenvalue weighted by Crippen LogP contribution is -2.33. The first kappa shape index (κ1) is 26.6. The molecule has 4 aromatic rings. The van der Waals surface area contributed by atoms with E-state index in [1.165, 1.54) is 16.7 Å². The zero-order valence-electron chi connectivity index (χ0n) is 22.2.